The number of rotatable bonds is 8. The smallest absolute Gasteiger partial charge is 0.118 e. The van der Waals surface area contributed by atoms with E-state index in [2.05, 4.69) is 18.9 Å². The molecule has 0 fully saturated rings. The minimum absolute atomic E-state index is 0.389. The second kappa shape index (κ2) is 8.11. The van der Waals surface area contributed by atoms with Crippen molar-refractivity contribution in [2.24, 2.45) is 0 Å². The van der Waals surface area contributed by atoms with Gasteiger partial charge in [-0.25, -0.2) is 0 Å². The first-order chi connectivity index (χ1) is 8.67. The first-order valence-corrected chi connectivity index (χ1v) is 6.68. The number of ether oxygens (including phenoxy) is 1. The number of hydrogen-bond donors (Lipinski definition) is 1. The van der Waals surface area contributed by atoms with Crippen molar-refractivity contribution in [3.05, 3.63) is 29.8 Å². The van der Waals surface area contributed by atoms with Crippen LogP contribution in [0.15, 0.2) is 24.3 Å². The minimum atomic E-state index is -0.389. The molecule has 1 N–H and O–H groups in total. The maximum Gasteiger partial charge on any atom is 0.118 e. The third-order valence-corrected chi connectivity index (χ3v) is 3.18. The topological polar surface area (TPSA) is 32.7 Å². The zero-order chi connectivity index (χ0) is 13.4. The number of unbranched alkanes of at least 4 members (excludes halogenated alkanes) is 1. The number of aliphatic hydroxyl groups excluding tert-OH is 1. The van der Waals surface area contributed by atoms with Gasteiger partial charge in [-0.2, -0.15) is 0 Å². The molecule has 102 valence electrons. The Hall–Kier alpha value is -1.06. The van der Waals surface area contributed by atoms with E-state index in [4.69, 9.17) is 4.74 Å². The molecule has 0 aliphatic rings. The molecule has 0 amide bonds. The van der Waals surface area contributed by atoms with Crippen molar-refractivity contribution in [2.75, 3.05) is 27.2 Å². The number of aliphatic hydroxyl groups is 1. The highest BCUT2D eigenvalue weighted by Gasteiger charge is 2.08. The number of benzene rings is 1. The van der Waals surface area contributed by atoms with Crippen LogP contribution in [0.5, 0.6) is 5.75 Å². The van der Waals surface area contributed by atoms with Crippen LogP contribution in [0, 0.1) is 0 Å². The van der Waals surface area contributed by atoms with Crippen molar-refractivity contribution < 1.29 is 9.84 Å². The summed E-state index contributed by atoms with van der Waals surface area (Å²) in [6, 6.07) is 7.63. The molecule has 0 saturated carbocycles. The third-order valence-electron chi connectivity index (χ3n) is 3.18. The van der Waals surface area contributed by atoms with Crippen molar-refractivity contribution in [2.45, 2.75) is 32.3 Å². The van der Waals surface area contributed by atoms with Gasteiger partial charge in [-0.3, -0.25) is 0 Å². The van der Waals surface area contributed by atoms with E-state index < -0.39 is 0 Å². The average Bonchev–Trinajstić information content (AvgIpc) is 2.42. The molecule has 0 bridgehead atoms. The van der Waals surface area contributed by atoms with Crippen LogP contribution in [-0.2, 0) is 0 Å². The molecule has 1 aromatic carbocycles. The fourth-order valence-electron chi connectivity index (χ4n) is 1.88. The van der Waals surface area contributed by atoms with E-state index in [0.29, 0.717) is 0 Å². The van der Waals surface area contributed by atoms with Gasteiger partial charge in [0.05, 0.1) is 13.2 Å². The second-order valence-electron chi connectivity index (χ2n) is 4.73. The van der Waals surface area contributed by atoms with Crippen molar-refractivity contribution in [1.82, 2.24) is 4.90 Å². The Labute approximate surface area is 110 Å². The van der Waals surface area contributed by atoms with E-state index in [1.807, 2.05) is 24.3 Å². The van der Waals surface area contributed by atoms with Crippen LogP contribution >= 0.6 is 0 Å². The summed E-state index contributed by atoms with van der Waals surface area (Å²) in [5.41, 5.74) is 0.958. The number of nitrogens with zero attached hydrogens (tertiary/aromatic N) is 1. The number of methoxy groups -OCH3 is 1. The Morgan fingerprint density at radius 3 is 2.44 bits per heavy atom. The summed E-state index contributed by atoms with van der Waals surface area (Å²) in [7, 11) is 3.75. The summed E-state index contributed by atoms with van der Waals surface area (Å²) in [6.45, 7) is 4.22. The average molecular weight is 251 g/mol. The predicted octanol–water partition coefficient (Wildman–Crippen LogP) is 2.85. The fraction of sp³-hybridized carbons (Fsp3) is 0.600. The fourth-order valence-corrected chi connectivity index (χ4v) is 1.88. The molecule has 1 rings (SSSR count). The molecule has 0 spiro atoms. The molecule has 18 heavy (non-hydrogen) atoms. The lowest BCUT2D eigenvalue weighted by Gasteiger charge is -2.18. The van der Waals surface area contributed by atoms with Crippen LogP contribution in [0.2, 0.25) is 0 Å². The van der Waals surface area contributed by atoms with Crippen LogP contribution in [-0.4, -0.2) is 37.3 Å². The van der Waals surface area contributed by atoms with E-state index in [0.717, 1.165) is 30.8 Å². The molecule has 0 heterocycles. The summed E-state index contributed by atoms with van der Waals surface area (Å²) in [5.74, 6) is 0.825. The quantitative estimate of drug-likeness (QED) is 0.771. The van der Waals surface area contributed by atoms with Gasteiger partial charge in [-0.15, -0.1) is 0 Å². The third kappa shape index (κ3) is 5.07. The van der Waals surface area contributed by atoms with Gasteiger partial charge in [0.1, 0.15) is 5.75 Å². The normalized spacial score (nSPS) is 12.7. The maximum absolute atomic E-state index is 10.1. The van der Waals surface area contributed by atoms with E-state index in [-0.39, 0.29) is 6.10 Å². The van der Waals surface area contributed by atoms with Crippen LogP contribution in [0.1, 0.15) is 37.9 Å². The van der Waals surface area contributed by atoms with Gasteiger partial charge in [-0.1, -0.05) is 25.5 Å². The standard InChI is InChI=1S/C15H25NO2/c1-4-5-11-16(2)12-10-15(17)13-6-8-14(18-3)9-7-13/h6-9,15,17H,4-5,10-12H2,1-3H3. The molecule has 3 heteroatoms. The van der Waals surface area contributed by atoms with E-state index in [1.54, 1.807) is 7.11 Å². The molecule has 1 unspecified atom stereocenters. The molecule has 0 saturated heterocycles. The Balaban J connectivity index is 2.37. The summed E-state index contributed by atoms with van der Waals surface area (Å²) in [4.78, 5) is 2.27. The van der Waals surface area contributed by atoms with Crippen LogP contribution in [0.25, 0.3) is 0 Å². The molecule has 0 radical (unpaired) electrons. The van der Waals surface area contributed by atoms with Crippen LogP contribution < -0.4 is 4.74 Å². The Kier molecular flexibility index (Phi) is 6.76. The van der Waals surface area contributed by atoms with Crippen molar-refractivity contribution in [3.63, 3.8) is 0 Å². The van der Waals surface area contributed by atoms with Gasteiger partial charge in [0.2, 0.25) is 0 Å². The van der Waals surface area contributed by atoms with Gasteiger partial charge in [0, 0.05) is 6.54 Å². The monoisotopic (exact) mass is 251 g/mol. The maximum atomic E-state index is 10.1. The van der Waals surface area contributed by atoms with Gasteiger partial charge < -0.3 is 14.7 Å². The van der Waals surface area contributed by atoms with Gasteiger partial charge in [0.25, 0.3) is 0 Å². The molecule has 3 nitrogen and oxygen atoms in total. The lowest BCUT2D eigenvalue weighted by Crippen LogP contribution is -2.22. The van der Waals surface area contributed by atoms with Crippen molar-refractivity contribution in [3.8, 4) is 5.75 Å². The van der Waals surface area contributed by atoms with Gasteiger partial charge >= 0.3 is 0 Å². The molecule has 1 atom stereocenters. The summed E-state index contributed by atoms with van der Waals surface area (Å²) >= 11 is 0. The highest BCUT2D eigenvalue weighted by Crippen LogP contribution is 2.20. The Bertz CT molecular complexity index is 324. The Morgan fingerprint density at radius 1 is 1.22 bits per heavy atom. The zero-order valence-corrected chi connectivity index (χ0v) is 11.7. The molecule has 1 aromatic rings. The largest absolute Gasteiger partial charge is 0.497 e. The SMILES string of the molecule is CCCCN(C)CCC(O)c1ccc(OC)cc1. The van der Waals surface area contributed by atoms with E-state index >= 15 is 0 Å². The zero-order valence-electron chi connectivity index (χ0n) is 11.7. The lowest BCUT2D eigenvalue weighted by atomic mass is 10.1. The van der Waals surface area contributed by atoms with E-state index in [1.165, 1.54) is 12.8 Å². The predicted molar refractivity (Wildman–Crippen MR) is 75.0 cm³/mol. The highest BCUT2D eigenvalue weighted by molar-refractivity contribution is 5.28. The lowest BCUT2D eigenvalue weighted by molar-refractivity contribution is 0.148. The minimum Gasteiger partial charge on any atom is -0.497 e. The highest BCUT2D eigenvalue weighted by atomic mass is 16.5. The summed E-state index contributed by atoms with van der Waals surface area (Å²) in [6.07, 6.45) is 2.81. The van der Waals surface area contributed by atoms with Crippen LogP contribution in [0.4, 0.5) is 0 Å². The Morgan fingerprint density at radius 2 is 1.89 bits per heavy atom. The molecular formula is C15H25NO2. The molecule has 0 aliphatic heterocycles. The van der Waals surface area contributed by atoms with Gasteiger partial charge in [0.15, 0.2) is 0 Å². The molecular weight excluding hydrogens is 226 g/mol. The van der Waals surface area contributed by atoms with Crippen molar-refractivity contribution >= 4 is 0 Å². The van der Waals surface area contributed by atoms with Crippen LogP contribution in [0.3, 0.4) is 0 Å². The second-order valence-corrected chi connectivity index (χ2v) is 4.73. The molecule has 0 aliphatic carbocycles. The molecule has 0 aromatic heterocycles. The summed E-state index contributed by atoms with van der Waals surface area (Å²) in [5, 5.41) is 10.1. The van der Waals surface area contributed by atoms with E-state index in [9.17, 15) is 5.11 Å². The first kappa shape index (κ1) is 15.0. The van der Waals surface area contributed by atoms with Crippen molar-refractivity contribution in [1.29, 1.82) is 0 Å². The first-order valence-electron chi connectivity index (χ1n) is 6.68. The van der Waals surface area contributed by atoms with Gasteiger partial charge in [-0.05, 0) is 44.1 Å². The summed E-state index contributed by atoms with van der Waals surface area (Å²) < 4.78 is 5.10. The number of hydrogen-bond acceptors (Lipinski definition) is 3.